The summed E-state index contributed by atoms with van der Waals surface area (Å²) in [7, 11) is 0. The van der Waals surface area contributed by atoms with Crippen molar-refractivity contribution in [1.82, 2.24) is 15.6 Å². The van der Waals surface area contributed by atoms with E-state index >= 15 is 0 Å². The van der Waals surface area contributed by atoms with Gasteiger partial charge < -0.3 is 15.5 Å². The Labute approximate surface area is 157 Å². The van der Waals surface area contributed by atoms with Crippen LogP contribution in [0.1, 0.15) is 24.0 Å². The fourth-order valence-electron chi connectivity index (χ4n) is 2.91. The Bertz CT molecular complexity index is 777. The molecule has 0 saturated carbocycles. The fraction of sp³-hybridized carbons (Fsp3) is 0.316. The van der Waals surface area contributed by atoms with Crippen LogP contribution in [0.4, 0.5) is 10.6 Å². The van der Waals surface area contributed by atoms with Crippen molar-refractivity contribution in [2.45, 2.75) is 25.4 Å². The number of anilines is 1. The highest BCUT2D eigenvalue weighted by molar-refractivity contribution is 6.30. The van der Waals surface area contributed by atoms with Crippen LogP contribution in [-0.2, 0) is 6.54 Å². The zero-order valence-electron chi connectivity index (χ0n) is 14.3. The molecule has 1 aromatic carbocycles. The molecule has 1 fully saturated rings. The predicted molar refractivity (Wildman–Crippen MR) is 101 cm³/mol. The molecule has 26 heavy (non-hydrogen) atoms. The van der Waals surface area contributed by atoms with E-state index in [9.17, 15) is 4.79 Å². The Morgan fingerprint density at radius 1 is 1.23 bits per heavy atom. The zero-order valence-corrected chi connectivity index (χ0v) is 15.0. The molecule has 1 saturated heterocycles. The van der Waals surface area contributed by atoms with Crippen molar-refractivity contribution in [3.8, 4) is 6.07 Å². The Morgan fingerprint density at radius 3 is 2.58 bits per heavy atom. The molecular formula is C19H20ClN5O. The number of hydrogen-bond donors (Lipinski definition) is 2. The maximum atomic E-state index is 12.1. The highest BCUT2D eigenvalue weighted by atomic mass is 35.5. The number of rotatable bonds is 4. The largest absolute Gasteiger partial charge is 0.356 e. The van der Waals surface area contributed by atoms with Gasteiger partial charge in [-0.2, -0.15) is 5.26 Å². The fourth-order valence-corrected chi connectivity index (χ4v) is 3.04. The molecule has 3 rings (SSSR count). The van der Waals surface area contributed by atoms with E-state index in [0.717, 1.165) is 37.3 Å². The van der Waals surface area contributed by atoms with Gasteiger partial charge in [0.2, 0.25) is 0 Å². The number of pyridine rings is 1. The number of benzene rings is 1. The van der Waals surface area contributed by atoms with E-state index in [1.807, 2.05) is 30.3 Å². The lowest BCUT2D eigenvalue weighted by atomic mass is 10.1. The molecule has 0 unspecified atom stereocenters. The van der Waals surface area contributed by atoms with E-state index in [0.29, 0.717) is 17.1 Å². The number of urea groups is 1. The van der Waals surface area contributed by atoms with Crippen molar-refractivity contribution in [1.29, 1.82) is 5.26 Å². The number of amides is 2. The van der Waals surface area contributed by atoms with Gasteiger partial charge in [0.05, 0.1) is 5.56 Å². The number of nitriles is 1. The number of nitrogens with zero attached hydrogens (tertiary/aromatic N) is 3. The van der Waals surface area contributed by atoms with Crippen LogP contribution in [0.25, 0.3) is 0 Å². The third-order valence-corrected chi connectivity index (χ3v) is 4.65. The second-order valence-electron chi connectivity index (χ2n) is 6.23. The molecule has 0 radical (unpaired) electrons. The molecule has 1 aliphatic rings. The number of nitrogens with one attached hydrogen (secondary N) is 2. The lowest BCUT2D eigenvalue weighted by Gasteiger charge is -2.33. The second-order valence-corrected chi connectivity index (χ2v) is 6.67. The van der Waals surface area contributed by atoms with E-state index in [1.165, 1.54) is 0 Å². The van der Waals surface area contributed by atoms with Gasteiger partial charge in [-0.25, -0.2) is 9.78 Å². The SMILES string of the molecule is N#Cc1ccc(N2CCC(NC(=O)NCc3ccc(Cl)cc3)CC2)nc1. The number of aromatic nitrogens is 1. The average Bonchev–Trinajstić information content (AvgIpc) is 2.68. The van der Waals surface area contributed by atoms with Gasteiger partial charge in [-0.1, -0.05) is 23.7 Å². The number of hydrogen-bond acceptors (Lipinski definition) is 4. The lowest BCUT2D eigenvalue weighted by molar-refractivity contribution is 0.234. The van der Waals surface area contributed by atoms with Crippen LogP contribution in [0, 0.1) is 11.3 Å². The van der Waals surface area contributed by atoms with Crippen molar-refractivity contribution in [2.24, 2.45) is 0 Å². The minimum atomic E-state index is -0.158. The molecular weight excluding hydrogens is 350 g/mol. The van der Waals surface area contributed by atoms with Gasteiger partial charge in [-0.15, -0.1) is 0 Å². The first kappa shape index (κ1) is 18.0. The summed E-state index contributed by atoms with van der Waals surface area (Å²) in [5.41, 5.74) is 1.56. The summed E-state index contributed by atoms with van der Waals surface area (Å²) in [5, 5.41) is 15.4. The van der Waals surface area contributed by atoms with Crippen molar-refractivity contribution in [2.75, 3.05) is 18.0 Å². The molecule has 134 valence electrons. The highest BCUT2D eigenvalue weighted by Crippen LogP contribution is 2.18. The van der Waals surface area contributed by atoms with Crippen LogP contribution in [0.3, 0.4) is 0 Å². The summed E-state index contributed by atoms with van der Waals surface area (Å²) in [6, 6.07) is 13.1. The third kappa shape index (κ3) is 4.87. The Morgan fingerprint density at radius 2 is 1.96 bits per heavy atom. The molecule has 2 amide bonds. The van der Waals surface area contributed by atoms with Gasteiger partial charge in [-0.05, 0) is 42.7 Å². The Hall–Kier alpha value is -2.78. The van der Waals surface area contributed by atoms with Crippen LogP contribution in [0.15, 0.2) is 42.6 Å². The molecule has 1 aromatic heterocycles. The minimum absolute atomic E-state index is 0.148. The van der Waals surface area contributed by atoms with Gasteiger partial charge in [0, 0.05) is 36.9 Å². The summed E-state index contributed by atoms with van der Waals surface area (Å²) < 4.78 is 0. The summed E-state index contributed by atoms with van der Waals surface area (Å²) in [6.07, 6.45) is 3.30. The van der Waals surface area contributed by atoms with Crippen LogP contribution in [-0.4, -0.2) is 30.1 Å². The van der Waals surface area contributed by atoms with Gasteiger partial charge in [-0.3, -0.25) is 0 Å². The van der Waals surface area contributed by atoms with Crippen LogP contribution < -0.4 is 15.5 Å². The zero-order chi connectivity index (χ0) is 18.4. The standard InChI is InChI=1S/C19H20ClN5O/c20-16-4-1-14(2-5-16)12-23-19(26)24-17-7-9-25(10-8-17)18-6-3-15(11-21)13-22-18/h1-6,13,17H,7-10,12H2,(H2,23,24,26). The number of piperidine rings is 1. The van der Waals surface area contributed by atoms with E-state index in [2.05, 4.69) is 26.6 Å². The molecule has 0 spiro atoms. The first-order valence-corrected chi connectivity index (χ1v) is 8.92. The van der Waals surface area contributed by atoms with Crippen molar-refractivity contribution in [3.63, 3.8) is 0 Å². The van der Waals surface area contributed by atoms with Gasteiger partial charge in [0.25, 0.3) is 0 Å². The van der Waals surface area contributed by atoms with E-state index in [4.69, 9.17) is 16.9 Å². The molecule has 1 aliphatic heterocycles. The molecule has 2 aromatic rings. The molecule has 6 nitrogen and oxygen atoms in total. The van der Waals surface area contributed by atoms with Crippen molar-refractivity contribution >= 4 is 23.4 Å². The average molecular weight is 370 g/mol. The normalized spacial score (nSPS) is 14.5. The molecule has 0 atom stereocenters. The van der Waals surface area contributed by atoms with Gasteiger partial charge in [0.1, 0.15) is 11.9 Å². The minimum Gasteiger partial charge on any atom is -0.356 e. The van der Waals surface area contributed by atoms with Crippen LogP contribution in [0.5, 0.6) is 0 Å². The monoisotopic (exact) mass is 369 g/mol. The lowest BCUT2D eigenvalue weighted by Crippen LogP contribution is -2.48. The third-order valence-electron chi connectivity index (χ3n) is 4.40. The van der Waals surface area contributed by atoms with Crippen molar-refractivity contribution < 1.29 is 4.79 Å². The Kier molecular flexibility index (Phi) is 5.92. The molecule has 2 N–H and O–H groups in total. The summed E-state index contributed by atoms with van der Waals surface area (Å²) in [6.45, 7) is 2.11. The van der Waals surface area contributed by atoms with Gasteiger partial charge in [0.15, 0.2) is 0 Å². The number of halogens is 1. The maximum absolute atomic E-state index is 12.1. The summed E-state index contributed by atoms with van der Waals surface area (Å²) in [5.74, 6) is 0.870. The van der Waals surface area contributed by atoms with Crippen LogP contribution >= 0.6 is 11.6 Å². The summed E-state index contributed by atoms with van der Waals surface area (Å²) in [4.78, 5) is 18.6. The Balaban J connectivity index is 1.42. The van der Waals surface area contributed by atoms with E-state index in [1.54, 1.807) is 12.3 Å². The molecule has 0 bridgehead atoms. The first-order chi connectivity index (χ1) is 12.6. The molecule has 7 heteroatoms. The number of carbonyl (C=O) groups excluding carboxylic acids is 1. The second kappa shape index (κ2) is 8.54. The maximum Gasteiger partial charge on any atom is 0.315 e. The predicted octanol–water partition coefficient (Wildman–Crippen LogP) is 3.07. The quantitative estimate of drug-likeness (QED) is 0.867. The highest BCUT2D eigenvalue weighted by Gasteiger charge is 2.21. The van der Waals surface area contributed by atoms with Gasteiger partial charge >= 0.3 is 6.03 Å². The molecule has 2 heterocycles. The molecule has 0 aliphatic carbocycles. The number of carbonyl (C=O) groups is 1. The van der Waals surface area contributed by atoms with E-state index < -0.39 is 0 Å². The topological polar surface area (TPSA) is 81.0 Å². The van der Waals surface area contributed by atoms with Crippen LogP contribution in [0.2, 0.25) is 5.02 Å². The van der Waals surface area contributed by atoms with E-state index in [-0.39, 0.29) is 12.1 Å². The van der Waals surface area contributed by atoms with Crippen molar-refractivity contribution in [3.05, 3.63) is 58.7 Å². The summed E-state index contributed by atoms with van der Waals surface area (Å²) >= 11 is 5.85. The first-order valence-electron chi connectivity index (χ1n) is 8.54. The smallest absolute Gasteiger partial charge is 0.315 e.